The molecule has 0 radical (unpaired) electrons. The number of nitrogens with two attached hydrogens (primary N) is 1. The molecule has 0 bridgehead atoms. The molecule has 3 rings (SSSR count). The Bertz CT molecular complexity index is 821. The van der Waals surface area contributed by atoms with Crippen LogP contribution in [0.3, 0.4) is 0 Å². The first kappa shape index (κ1) is 17.5. The highest BCUT2D eigenvalue weighted by atomic mass is 16.7. The number of methoxy groups -OCH3 is 1. The van der Waals surface area contributed by atoms with Gasteiger partial charge in [0.1, 0.15) is 5.57 Å². The Morgan fingerprint density at radius 1 is 1.12 bits per heavy atom. The molecule has 0 fully saturated rings. The second-order valence-corrected chi connectivity index (χ2v) is 5.53. The number of benzene rings is 2. The molecule has 3 N–H and O–H groups in total. The summed E-state index contributed by atoms with van der Waals surface area (Å²) in [6, 6.07) is 18.3. The van der Waals surface area contributed by atoms with Crippen LogP contribution in [0.25, 0.3) is 5.76 Å². The number of nitrogens with zero attached hydrogens (tertiary/aromatic N) is 1. The van der Waals surface area contributed by atoms with Crippen molar-refractivity contribution in [3.8, 4) is 0 Å². The van der Waals surface area contributed by atoms with Crippen LogP contribution in [0, 0.1) is 0 Å². The zero-order valence-corrected chi connectivity index (χ0v) is 14.2. The molecule has 134 valence electrons. The number of amides is 1. The Morgan fingerprint density at radius 2 is 1.73 bits per heavy atom. The average molecular weight is 353 g/mol. The van der Waals surface area contributed by atoms with Crippen LogP contribution in [0.1, 0.15) is 5.56 Å². The molecular formula is C19H19N3O4. The van der Waals surface area contributed by atoms with Crippen molar-refractivity contribution in [3.05, 3.63) is 71.8 Å². The standard InChI is InChI=1S/C19H19N3O4/c1-25-19(24)16-17(13-8-4-2-5-9-13)26-22(14-10-6-3-7-11-14)18(16)21-15(23)12-20/h2-11,18H,12,20H2,1H3,(H,21,23)/t18-/m0/s1. The Labute approximate surface area is 151 Å². The molecule has 0 saturated heterocycles. The largest absolute Gasteiger partial charge is 0.465 e. The molecular weight excluding hydrogens is 334 g/mol. The summed E-state index contributed by atoms with van der Waals surface area (Å²) in [6.45, 7) is -0.214. The van der Waals surface area contributed by atoms with Crippen molar-refractivity contribution in [2.75, 3.05) is 18.7 Å². The second-order valence-electron chi connectivity index (χ2n) is 5.53. The lowest BCUT2D eigenvalue weighted by Crippen LogP contribution is -2.49. The summed E-state index contributed by atoms with van der Waals surface area (Å²) >= 11 is 0. The van der Waals surface area contributed by atoms with Gasteiger partial charge in [0.05, 0.1) is 19.3 Å². The lowest BCUT2D eigenvalue weighted by atomic mass is 10.1. The van der Waals surface area contributed by atoms with Gasteiger partial charge in [-0.05, 0) is 12.1 Å². The number of carbonyl (C=O) groups excluding carboxylic acids is 2. The van der Waals surface area contributed by atoms with Crippen LogP contribution in [-0.2, 0) is 19.2 Å². The first-order valence-electron chi connectivity index (χ1n) is 8.05. The van der Waals surface area contributed by atoms with Crippen molar-refractivity contribution in [1.29, 1.82) is 0 Å². The topological polar surface area (TPSA) is 93.9 Å². The molecule has 1 aliphatic heterocycles. The molecule has 0 unspecified atom stereocenters. The van der Waals surface area contributed by atoms with Crippen molar-refractivity contribution in [2.45, 2.75) is 6.17 Å². The highest BCUT2D eigenvalue weighted by Gasteiger charge is 2.41. The zero-order valence-electron chi connectivity index (χ0n) is 14.2. The van der Waals surface area contributed by atoms with Gasteiger partial charge in [0, 0.05) is 5.56 Å². The van der Waals surface area contributed by atoms with Crippen molar-refractivity contribution < 1.29 is 19.2 Å². The number of hydrogen-bond acceptors (Lipinski definition) is 6. The Hall–Kier alpha value is -3.32. The molecule has 26 heavy (non-hydrogen) atoms. The van der Waals surface area contributed by atoms with Crippen molar-refractivity contribution in [2.24, 2.45) is 5.73 Å². The third-order valence-corrected chi connectivity index (χ3v) is 3.88. The summed E-state index contributed by atoms with van der Waals surface area (Å²) in [4.78, 5) is 30.4. The van der Waals surface area contributed by atoms with Crippen LogP contribution >= 0.6 is 0 Å². The number of nitrogens with one attached hydrogen (secondary N) is 1. The third kappa shape index (κ3) is 3.38. The fourth-order valence-corrected chi connectivity index (χ4v) is 2.67. The molecule has 1 heterocycles. The number of rotatable bonds is 5. The van der Waals surface area contributed by atoms with Gasteiger partial charge in [0.25, 0.3) is 0 Å². The highest BCUT2D eigenvalue weighted by molar-refractivity contribution is 6.00. The minimum atomic E-state index is -0.865. The molecule has 1 atom stereocenters. The van der Waals surface area contributed by atoms with Crippen LogP contribution in [0.5, 0.6) is 0 Å². The van der Waals surface area contributed by atoms with Crippen molar-refractivity contribution >= 4 is 23.3 Å². The summed E-state index contributed by atoms with van der Waals surface area (Å²) in [6.07, 6.45) is -0.865. The zero-order chi connectivity index (χ0) is 18.5. The van der Waals surface area contributed by atoms with E-state index >= 15 is 0 Å². The van der Waals surface area contributed by atoms with E-state index in [1.165, 1.54) is 12.2 Å². The fourth-order valence-electron chi connectivity index (χ4n) is 2.67. The number of ether oxygens (including phenoxy) is 1. The van der Waals surface area contributed by atoms with Crippen LogP contribution in [0.2, 0.25) is 0 Å². The van der Waals surface area contributed by atoms with E-state index < -0.39 is 18.0 Å². The second kappa shape index (κ2) is 7.71. The molecule has 0 aromatic heterocycles. The van der Waals surface area contributed by atoms with Gasteiger partial charge in [-0.15, -0.1) is 0 Å². The van der Waals surface area contributed by atoms with E-state index in [-0.39, 0.29) is 12.1 Å². The first-order chi connectivity index (χ1) is 12.7. The Balaban J connectivity index is 2.10. The smallest absolute Gasteiger partial charge is 0.341 e. The van der Waals surface area contributed by atoms with Crippen molar-refractivity contribution in [1.82, 2.24) is 5.32 Å². The highest BCUT2D eigenvalue weighted by Crippen LogP contribution is 2.36. The van der Waals surface area contributed by atoms with Crippen LogP contribution in [0.4, 0.5) is 5.69 Å². The predicted molar refractivity (Wildman–Crippen MR) is 96.4 cm³/mol. The first-order valence-corrected chi connectivity index (χ1v) is 8.05. The van der Waals surface area contributed by atoms with E-state index in [2.05, 4.69) is 5.32 Å². The van der Waals surface area contributed by atoms with E-state index in [1.54, 1.807) is 0 Å². The summed E-state index contributed by atoms with van der Waals surface area (Å²) in [7, 11) is 1.28. The van der Waals surface area contributed by atoms with E-state index in [0.29, 0.717) is 17.0 Å². The minimum absolute atomic E-state index is 0.198. The van der Waals surface area contributed by atoms with Gasteiger partial charge in [-0.25, -0.2) is 4.79 Å². The maximum atomic E-state index is 12.5. The predicted octanol–water partition coefficient (Wildman–Crippen LogP) is 1.42. The molecule has 1 amide bonds. The maximum Gasteiger partial charge on any atom is 0.341 e. The number of esters is 1. The van der Waals surface area contributed by atoms with Gasteiger partial charge in [0.2, 0.25) is 5.91 Å². The van der Waals surface area contributed by atoms with Crippen LogP contribution in [0.15, 0.2) is 66.2 Å². The Kier molecular flexibility index (Phi) is 5.19. The number of anilines is 1. The van der Waals surface area contributed by atoms with Gasteiger partial charge in [-0.3, -0.25) is 4.79 Å². The van der Waals surface area contributed by atoms with Crippen LogP contribution < -0.4 is 16.1 Å². The number of hydroxylamine groups is 1. The SMILES string of the molecule is COC(=O)C1=C(c2ccccc2)ON(c2ccccc2)[C@@H]1NC(=O)CN. The van der Waals surface area contributed by atoms with Gasteiger partial charge in [0.15, 0.2) is 11.9 Å². The molecule has 7 heteroatoms. The number of hydrogen-bond donors (Lipinski definition) is 2. The molecule has 2 aromatic rings. The van der Waals surface area contributed by atoms with Gasteiger partial charge < -0.3 is 20.6 Å². The average Bonchev–Trinajstić information content (AvgIpc) is 3.07. The molecule has 2 aromatic carbocycles. The Morgan fingerprint density at radius 3 is 2.31 bits per heavy atom. The summed E-state index contributed by atoms with van der Waals surface area (Å²) in [5.41, 5.74) is 6.99. The normalized spacial score (nSPS) is 16.2. The van der Waals surface area contributed by atoms with Gasteiger partial charge in [-0.2, -0.15) is 5.06 Å². The molecule has 0 spiro atoms. The lowest BCUT2D eigenvalue weighted by molar-refractivity contribution is -0.136. The third-order valence-electron chi connectivity index (χ3n) is 3.88. The summed E-state index contributed by atoms with van der Waals surface area (Å²) < 4.78 is 4.93. The fraction of sp³-hybridized carbons (Fsp3) is 0.158. The van der Waals surface area contributed by atoms with E-state index in [1.807, 2.05) is 60.7 Å². The van der Waals surface area contributed by atoms with Crippen LogP contribution in [-0.4, -0.2) is 31.7 Å². The summed E-state index contributed by atoms with van der Waals surface area (Å²) in [5.74, 6) is -0.691. The van der Waals surface area contributed by atoms with E-state index in [0.717, 1.165) is 0 Å². The monoisotopic (exact) mass is 353 g/mol. The minimum Gasteiger partial charge on any atom is -0.465 e. The maximum absolute atomic E-state index is 12.5. The van der Waals surface area contributed by atoms with E-state index in [9.17, 15) is 9.59 Å². The van der Waals surface area contributed by atoms with Gasteiger partial charge >= 0.3 is 5.97 Å². The summed E-state index contributed by atoms with van der Waals surface area (Å²) in [5, 5.41) is 4.18. The number of carbonyl (C=O) groups is 2. The van der Waals surface area contributed by atoms with E-state index in [4.69, 9.17) is 15.3 Å². The van der Waals surface area contributed by atoms with Gasteiger partial charge in [-0.1, -0.05) is 48.5 Å². The molecule has 0 saturated carbocycles. The van der Waals surface area contributed by atoms with Crippen molar-refractivity contribution in [3.63, 3.8) is 0 Å². The quantitative estimate of drug-likeness (QED) is 0.790. The molecule has 0 aliphatic carbocycles. The molecule has 7 nitrogen and oxygen atoms in total. The number of para-hydroxylation sites is 1. The lowest BCUT2D eigenvalue weighted by Gasteiger charge is -2.26. The molecule has 1 aliphatic rings.